The molecule has 0 N–H and O–H groups in total. The van der Waals surface area contributed by atoms with Crippen LogP contribution in [0.1, 0.15) is 94.2 Å². The first kappa shape index (κ1) is 29.2. The molecule has 3 aromatic rings. The first-order valence-corrected chi connectivity index (χ1v) is 13.8. The van der Waals surface area contributed by atoms with Crippen LogP contribution in [0.3, 0.4) is 0 Å². The Hall–Kier alpha value is -1.86. The SMILES string of the molecule is CC(C)c1cccc(C(C)C)c1[N]=[Mo+2]=[CH]C(C)(C)C.Cc1ccc(C)[n-]1.Cc1ccc(C)[n-]1. The first-order valence-electron chi connectivity index (χ1n) is 11.8. The van der Waals surface area contributed by atoms with Gasteiger partial charge in [0.2, 0.25) is 0 Å². The van der Waals surface area contributed by atoms with Crippen molar-refractivity contribution in [2.45, 2.75) is 88.0 Å². The third-order valence-electron chi connectivity index (χ3n) is 4.73. The van der Waals surface area contributed by atoms with Crippen LogP contribution in [-0.2, 0) is 17.9 Å². The Kier molecular flexibility index (Phi) is 12.2. The summed E-state index contributed by atoms with van der Waals surface area (Å²) in [7, 11) is 0. The molecule has 0 bridgehead atoms. The van der Waals surface area contributed by atoms with Gasteiger partial charge >= 0.3 is 127 Å². The number of benzene rings is 1. The van der Waals surface area contributed by atoms with Gasteiger partial charge in [0, 0.05) is 0 Å². The molecule has 0 aliphatic heterocycles. The van der Waals surface area contributed by atoms with E-state index in [9.17, 15) is 0 Å². The molecule has 4 heteroatoms. The van der Waals surface area contributed by atoms with E-state index in [1.54, 1.807) is 0 Å². The van der Waals surface area contributed by atoms with Gasteiger partial charge in [0.05, 0.1) is 0 Å². The average Bonchev–Trinajstić information content (AvgIpc) is 3.27. The summed E-state index contributed by atoms with van der Waals surface area (Å²) >= 11 is -0.415. The van der Waals surface area contributed by atoms with E-state index in [0.29, 0.717) is 11.8 Å². The minimum atomic E-state index is -0.415. The number of aryl methyl sites for hydroxylation is 4. The Labute approximate surface area is 210 Å². The summed E-state index contributed by atoms with van der Waals surface area (Å²) in [5, 5.41) is 0. The third-order valence-corrected chi connectivity index (χ3v) is 7.43. The molecule has 180 valence electrons. The molecule has 0 saturated carbocycles. The number of aromatic nitrogens is 2. The van der Waals surface area contributed by atoms with Gasteiger partial charge in [-0.25, -0.2) is 0 Å². The Morgan fingerprint density at radius 3 is 1.30 bits per heavy atom. The van der Waals surface area contributed by atoms with Gasteiger partial charge in [0.25, 0.3) is 0 Å². The van der Waals surface area contributed by atoms with Gasteiger partial charge < -0.3 is 9.97 Å². The maximum atomic E-state index is 5.01. The Morgan fingerprint density at radius 2 is 1.06 bits per heavy atom. The van der Waals surface area contributed by atoms with E-state index < -0.39 is 17.9 Å². The van der Waals surface area contributed by atoms with Crippen LogP contribution in [0.25, 0.3) is 0 Å². The van der Waals surface area contributed by atoms with E-state index in [-0.39, 0.29) is 5.41 Å². The van der Waals surface area contributed by atoms with E-state index in [4.69, 9.17) is 3.50 Å². The van der Waals surface area contributed by atoms with Crippen molar-refractivity contribution in [3.05, 3.63) is 76.4 Å². The monoisotopic (exact) mass is 531 g/mol. The minimum absolute atomic E-state index is 0.288. The third kappa shape index (κ3) is 11.7. The Balaban J connectivity index is 0.000000313. The van der Waals surface area contributed by atoms with Gasteiger partial charge in [-0.3, -0.25) is 0 Å². The Morgan fingerprint density at radius 1 is 0.697 bits per heavy atom. The summed E-state index contributed by atoms with van der Waals surface area (Å²) in [5.41, 5.74) is 8.80. The van der Waals surface area contributed by atoms with Crippen LogP contribution in [0.4, 0.5) is 5.69 Å². The van der Waals surface area contributed by atoms with Crippen molar-refractivity contribution in [2.24, 2.45) is 8.91 Å². The molecule has 0 spiro atoms. The molecule has 0 fully saturated rings. The van der Waals surface area contributed by atoms with E-state index in [1.165, 1.54) is 16.8 Å². The zero-order valence-corrected chi connectivity index (χ0v) is 24.5. The molecule has 0 aliphatic carbocycles. The summed E-state index contributed by atoms with van der Waals surface area (Å²) in [6.45, 7) is 23.8. The van der Waals surface area contributed by atoms with Crippen LogP contribution in [0.2, 0.25) is 0 Å². The summed E-state index contributed by atoms with van der Waals surface area (Å²) in [5.74, 6) is 1.08. The summed E-state index contributed by atoms with van der Waals surface area (Å²) in [6, 6.07) is 14.7. The van der Waals surface area contributed by atoms with Crippen LogP contribution in [0, 0.1) is 33.1 Å². The fourth-order valence-electron chi connectivity index (χ4n) is 3.04. The van der Waals surface area contributed by atoms with Gasteiger partial charge in [-0.15, -0.1) is 0 Å². The van der Waals surface area contributed by atoms with Crippen LogP contribution < -0.4 is 9.97 Å². The largest absolute Gasteiger partial charge is 0.665 e. The van der Waals surface area contributed by atoms with Crippen LogP contribution >= 0.6 is 0 Å². The molecule has 0 unspecified atom stereocenters. The van der Waals surface area contributed by atoms with Crippen molar-refractivity contribution in [1.29, 1.82) is 0 Å². The number of nitrogens with zero attached hydrogens (tertiary/aromatic N) is 3. The van der Waals surface area contributed by atoms with Crippen molar-refractivity contribution >= 4 is 10.1 Å². The fraction of sp³-hybridized carbons (Fsp3) is 0.483. The normalized spacial score (nSPS) is 10.7. The number of hydrogen-bond donors (Lipinski definition) is 0. The first-order chi connectivity index (χ1) is 15.3. The maximum Gasteiger partial charge on any atom is -0.0607 e. The molecule has 1 aromatic carbocycles. The van der Waals surface area contributed by atoms with E-state index in [2.05, 4.69) is 81.0 Å². The molecular formula is C29H43MoN3. The predicted octanol–water partition coefficient (Wildman–Crippen LogP) is 8.20. The Bertz CT molecular complexity index is 942. The second kappa shape index (κ2) is 13.8. The average molecular weight is 530 g/mol. The summed E-state index contributed by atoms with van der Waals surface area (Å²) in [4.78, 5) is 8.22. The summed E-state index contributed by atoms with van der Waals surface area (Å²) in [6.07, 6.45) is 0. The van der Waals surface area contributed by atoms with Crippen LogP contribution in [0.5, 0.6) is 0 Å². The van der Waals surface area contributed by atoms with Gasteiger partial charge in [-0.05, 0) is 0 Å². The van der Waals surface area contributed by atoms with Crippen molar-refractivity contribution in [1.82, 2.24) is 9.97 Å². The molecular weight excluding hydrogens is 486 g/mol. The van der Waals surface area contributed by atoms with Gasteiger partial charge in [0.15, 0.2) is 0 Å². The number of rotatable bonds is 3. The smallest absolute Gasteiger partial charge is 0.0607 e. The van der Waals surface area contributed by atoms with Gasteiger partial charge in [-0.2, -0.15) is 22.8 Å². The van der Waals surface area contributed by atoms with Crippen molar-refractivity contribution in [3.8, 4) is 0 Å². The molecule has 2 aromatic heterocycles. The number of hydrogen-bond acceptors (Lipinski definition) is 1. The maximum absolute atomic E-state index is 5.01. The zero-order chi connectivity index (χ0) is 25.2. The minimum Gasteiger partial charge on any atom is -0.665 e. The standard InChI is InChI=1S/C12H17N.2C6H8N.C5H10.Mo/c1-8(2)10-6-5-7-11(9(3)4)12(10)13;2*1-5-3-4-6(2)7-5;1-5(2,3)4;/h5-9H,1-4H3;2*3-4H,1-2H3;1H,2-4H3;/q;2*-1;;+2. The van der Waals surface area contributed by atoms with E-state index in [1.807, 2.05) is 52.0 Å². The second-order valence-electron chi connectivity index (χ2n) is 10.2. The summed E-state index contributed by atoms with van der Waals surface area (Å²) < 4.78 is 7.42. The molecule has 2 heterocycles. The van der Waals surface area contributed by atoms with E-state index >= 15 is 0 Å². The molecule has 0 radical (unpaired) electrons. The van der Waals surface area contributed by atoms with Gasteiger partial charge in [0.1, 0.15) is 0 Å². The van der Waals surface area contributed by atoms with Crippen LogP contribution in [-0.4, -0.2) is 4.40 Å². The predicted molar refractivity (Wildman–Crippen MR) is 141 cm³/mol. The van der Waals surface area contributed by atoms with Crippen LogP contribution in [0.15, 0.2) is 46.0 Å². The second-order valence-corrected chi connectivity index (χ2v) is 11.8. The molecule has 0 saturated heterocycles. The molecule has 0 atom stereocenters. The molecule has 3 rings (SSSR count). The van der Waals surface area contributed by atoms with Crippen molar-refractivity contribution in [2.75, 3.05) is 0 Å². The van der Waals surface area contributed by atoms with Gasteiger partial charge in [-0.1, -0.05) is 52.0 Å². The fourth-order valence-corrected chi connectivity index (χ4v) is 4.73. The quantitative estimate of drug-likeness (QED) is 0.321. The topological polar surface area (TPSA) is 40.6 Å². The molecule has 33 heavy (non-hydrogen) atoms. The zero-order valence-electron chi connectivity index (χ0n) is 22.5. The molecule has 3 nitrogen and oxygen atoms in total. The van der Waals surface area contributed by atoms with E-state index in [0.717, 1.165) is 22.8 Å². The van der Waals surface area contributed by atoms with Crippen molar-refractivity contribution < 1.29 is 17.9 Å². The van der Waals surface area contributed by atoms with Crippen molar-refractivity contribution in [3.63, 3.8) is 0 Å². The molecule has 0 aliphatic rings. The molecule has 0 amide bonds.